The van der Waals surface area contributed by atoms with Crippen molar-refractivity contribution >= 4 is 28.8 Å². The fourth-order valence-corrected chi connectivity index (χ4v) is 2.61. The fourth-order valence-electron chi connectivity index (χ4n) is 1.98. The van der Waals surface area contributed by atoms with Crippen LogP contribution in [-0.2, 0) is 4.79 Å². The van der Waals surface area contributed by atoms with Crippen molar-refractivity contribution in [1.82, 2.24) is 5.32 Å². The van der Waals surface area contributed by atoms with E-state index in [0.29, 0.717) is 4.88 Å². The number of amides is 2. The van der Waals surface area contributed by atoms with Gasteiger partial charge in [0, 0.05) is 5.69 Å². The second-order valence-electron chi connectivity index (χ2n) is 4.93. The molecule has 0 aliphatic carbocycles. The minimum Gasteiger partial charge on any atom is -0.340 e. The number of benzene rings is 1. The van der Waals surface area contributed by atoms with Crippen molar-refractivity contribution < 1.29 is 9.59 Å². The van der Waals surface area contributed by atoms with E-state index in [4.69, 9.17) is 0 Å². The Hall–Kier alpha value is -2.14. The van der Waals surface area contributed by atoms with Crippen molar-refractivity contribution in [2.75, 3.05) is 5.32 Å². The summed E-state index contributed by atoms with van der Waals surface area (Å²) in [4.78, 5) is 24.7. The highest BCUT2D eigenvalue weighted by Gasteiger charge is 2.18. The summed E-state index contributed by atoms with van der Waals surface area (Å²) in [6.45, 7) is 5.56. The van der Waals surface area contributed by atoms with Crippen LogP contribution in [0, 0.1) is 13.8 Å². The van der Waals surface area contributed by atoms with Gasteiger partial charge in [0.2, 0.25) is 5.91 Å². The van der Waals surface area contributed by atoms with E-state index in [0.717, 1.165) is 16.8 Å². The third-order valence-corrected chi connectivity index (χ3v) is 4.08. The number of anilines is 1. The summed E-state index contributed by atoms with van der Waals surface area (Å²) in [5, 5.41) is 7.41. The highest BCUT2D eigenvalue weighted by molar-refractivity contribution is 7.12. The van der Waals surface area contributed by atoms with E-state index in [9.17, 15) is 9.59 Å². The van der Waals surface area contributed by atoms with Gasteiger partial charge in [0.25, 0.3) is 5.91 Å². The summed E-state index contributed by atoms with van der Waals surface area (Å²) in [6.07, 6.45) is 0. The first kappa shape index (κ1) is 15.3. The van der Waals surface area contributed by atoms with E-state index in [1.807, 2.05) is 37.4 Å². The molecule has 0 fully saturated rings. The van der Waals surface area contributed by atoms with Crippen LogP contribution < -0.4 is 10.6 Å². The van der Waals surface area contributed by atoms with Crippen molar-refractivity contribution in [3.05, 3.63) is 51.7 Å². The van der Waals surface area contributed by atoms with Gasteiger partial charge in [0.1, 0.15) is 6.04 Å². The molecule has 0 saturated heterocycles. The first-order valence-electron chi connectivity index (χ1n) is 6.70. The smallest absolute Gasteiger partial charge is 0.261 e. The molecule has 5 heteroatoms. The van der Waals surface area contributed by atoms with Crippen LogP contribution in [-0.4, -0.2) is 17.9 Å². The van der Waals surface area contributed by atoms with Gasteiger partial charge in [-0.1, -0.05) is 24.3 Å². The van der Waals surface area contributed by atoms with E-state index < -0.39 is 6.04 Å². The van der Waals surface area contributed by atoms with E-state index in [1.54, 1.807) is 19.1 Å². The number of thiophene rings is 1. The molecule has 2 N–H and O–H groups in total. The Balaban J connectivity index is 2.01. The Labute approximate surface area is 128 Å². The Morgan fingerprint density at radius 2 is 1.76 bits per heavy atom. The van der Waals surface area contributed by atoms with Gasteiger partial charge in [-0.25, -0.2) is 0 Å². The maximum Gasteiger partial charge on any atom is 0.261 e. The van der Waals surface area contributed by atoms with Crippen molar-refractivity contribution in [3.63, 3.8) is 0 Å². The summed E-state index contributed by atoms with van der Waals surface area (Å²) in [7, 11) is 0. The van der Waals surface area contributed by atoms with Crippen LogP contribution in [0.25, 0.3) is 0 Å². The lowest BCUT2D eigenvalue weighted by Gasteiger charge is -2.16. The highest BCUT2D eigenvalue weighted by atomic mass is 32.1. The van der Waals surface area contributed by atoms with E-state index >= 15 is 0 Å². The molecule has 0 bridgehead atoms. The molecule has 0 saturated carbocycles. The number of hydrogen-bond donors (Lipinski definition) is 2. The van der Waals surface area contributed by atoms with Gasteiger partial charge in [-0.05, 0) is 43.3 Å². The van der Waals surface area contributed by atoms with Crippen molar-refractivity contribution in [1.29, 1.82) is 0 Å². The number of nitrogens with one attached hydrogen (secondary N) is 2. The zero-order chi connectivity index (χ0) is 15.4. The van der Waals surface area contributed by atoms with E-state index in [2.05, 4.69) is 10.6 Å². The molecule has 0 spiro atoms. The Morgan fingerprint density at radius 1 is 1.10 bits per heavy atom. The highest BCUT2D eigenvalue weighted by Crippen LogP contribution is 2.19. The van der Waals surface area contributed by atoms with Crippen LogP contribution >= 0.6 is 11.3 Å². The number of para-hydroxylation sites is 1. The third-order valence-electron chi connectivity index (χ3n) is 3.22. The summed E-state index contributed by atoms with van der Waals surface area (Å²) in [5.41, 5.74) is 2.81. The molecule has 0 aliphatic heterocycles. The predicted octanol–water partition coefficient (Wildman–Crippen LogP) is 3.12. The van der Waals surface area contributed by atoms with Crippen LogP contribution in [0.4, 0.5) is 5.69 Å². The standard InChI is InChI=1S/C16H18N2O2S/c1-10-6-4-7-11(2)14(10)18-15(19)12(3)17-16(20)13-8-5-9-21-13/h4-9,12H,1-3H3,(H,17,20)(H,18,19)/t12-/m1/s1. The van der Waals surface area contributed by atoms with Crippen molar-refractivity contribution in [2.45, 2.75) is 26.8 Å². The predicted molar refractivity (Wildman–Crippen MR) is 85.8 cm³/mol. The molecule has 1 aromatic carbocycles. The summed E-state index contributed by atoms with van der Waals surface area (Å²) >= 11 is 1.35. The Morgan fingerprint density at radius 3 is 2.33 bits per heavy atom. The molecule has 0 unspecified atom stereocenters. The van der Waals surface area contributed by atoms with Crippen molar-refractivity contribution in [2.24, 2.45) is 0 Å². The van der Waals surface area contributed by atoms with Crippen LogP contribution in [0.3, 0.4) is 0 Å². The van der Waals surface area contributed by atoms with Crippen molar-refractivity contribution in [3.8, 4) is 0 Å². The monoisotopic (exact) mass is 302 g/mol. The van der Waals surface area contributed by atoms with Gasteiger partial charge in [-0.3, -0.25) is 9.59 Å². The number of rotatable bonds is 4. The van der Waals surface area contributed by atoms with Gasteiger partial charge in [0.05, 0.1) is 4.88 Å². The topological polar surface area (TPSA) is 58.2 Å². The molecule has 1 heterocycles. The molecular weight excluding hydrogens is 284 g/mol. The maximum absolute atomic E-state index is 12.2. The average molecular weight is 302 g/mol. The van der Waals surface area contributed by atoms with Crippen LogP contribution in [0.2, 0.25) is 0 Å². The lowest BCUT2D eigenvalue weighted by Crippen LogP contribution is -2.41. The molecule has 1 atom stereocenters. The Bertz CT molecular complexity index is 630. The first-order chi connectivity index (χ1) is 9.99. The maximum atomic E-state index is 12.2. The van der Waals surface area contributed by atoms with Gasteiger partial charge in [-0.15, -0.1) is 11.3 Å². The molecular formula is C16H18N2O2S. The molecule has 0 radical (unpaired) electrons. The molecule has 0 aliphatic rings. The van der Waals surface area contributed by atoms with Gasteiger partial charge < -0.3 is 10.6 Å². The molecule has 110 valence electrons. The largest absolute Gasteiger partial charge is 0.340 e. The van der Waals surface area contributed by atoms with E-state index in [-0.39, 0.29) is 11.8 Å². The molecule has 1 aromatic heterocycles. The number of hydrogen-bond acceptors (Lipinski definition) is 3. The minimum atomic E-state index is -0.599. The summed E-state index contributed by atoms with van der Waals surface area (Å²) in [6, 6.07) is 8.77. The quantitative estimate of drug-likeness (QED) is 0.911. The molecule has 21 heavy (non-hydrogen) atoms. The molecule has 2 rings (SSSR count). The second-order valence-corrected chi connectivity index (χ2v) is 5.88. The zero-order valence-corrected chi connectivity index (χ0v) is 13.1. The van der Waals surface area contributed by atoms with Crippen LogP contribution in [0.5, 0.6) is 0 Å². The zero-order valence-electron chi connectivity index (χ0n) is 12.3. The molecule has 4 nitrogen and oxygen atoms in total. The molecule has 2 aromatic rings. The summed E-state index contributed by atoms with van der Waals surface area (Å²) < 4.78 is 0. The van der Waals surface area contributed by atoms with E-state index in [1.165, 1.54) is 11.3 Å². The molecule has 2 amide bonds. The first-order valence-corrected chi connectivity index (χ1v) is 7.58. The number of aryl methyl sites for hydroxylation is 2. The normalized spacial score (nSPS) is 11.8. The average Bonchev–Trinajstić information content (AvgIpc) is 2.97. The van der Waals surface area contributed by atoms with Crippen LogP contribution in [0.15, 0.2) is 35.7 Å². The lowest BCUT2D eigenvalue weighted by atomic mass is 10.1. The third kappa shape index (κ3) is 3.70. The summed E-state index contributed by atoms with van der Waals surface area (Å²) in [5.74, 6) is -0.452. The number of carbonyl (C=O) groups is 2. The SMILES string of the molecule is Cc1cccc(C)c1NC(=O)[C@@H](C)NC(=O)c1cccs1. The van der Waals surface area contributed by atoms with Gasteiger partial charge in [0.15, 0.2) is 0 Å². The van der Waals surface area contributed by atoms with Gasteiger partial charge in [-0.2, -0.15) is 0 Å². The Kier molecular flexibility index (Phi) is 4.75. The second kappa shape index (κ2) is 6.54. The van der Waals surface area contributed by atoms with Crippen LogP contribution in [0.1, 0.15) is 27.7 Å². The minimum absolute atomic E-state index is 0.225. The van der Waals surface area contributed by atoms with Gasteiger partial charge >= 0.3 is 0 Å². The number of carbonyl (C=O) groups excluding carboxylic acids is 2. The lowest BCUT2D eigenvalue weighted by molar-refractivity contribution is -0.117. The fraction of sp³-hybridized carbons (Fsp3) is 0.250.